The highest BCUT2D eigenvalue weighted by atomic mass is 35.5. The maximum absolute atomic E-state index is 12.6. The molecule has 2 N–H and O–H groups in total. The lowest BCUT2D eigenvalue weighted by molar-refractivity contribution is -0.140. The van der Waals surface area contributed by atoms with Gasteiger partial charge in [-0.2, -0.15) is 8.78 Å². The van der Waals surface area contributed by atoms with Crippen molar-refractivity contribution in [1.29, 1.82) is 0 Å². The summed E-state index contributed by atoms with van der Waals surface area (Å²) < 4.78 is 53.5. The number of amides is 1. The van der Waals surface area contributed by atoms with Crippen LogP contribution in [0.5, 0.6) is 0 Å². The molecule has 1 aromatic carbocycles. The van der Waals surface area contributed by atoms with E-state index in [-0.39, 0.29) is 18.1 Å². The van der Waals surface area contributed by atoms with Gasteiger partial charge in [0, 0.05) is 12.8 Å². The van der Waals surface area contributed by atoms with E-state index in [1.54, 1.807) is 0 Å². The van der Waals surface area contributed by atoms with Gasteiger partial charge >= 0.3 is 5.76 Å². The Morgan fingerprint density at radius 2 is 1.96 bits per heavy atom. The summed E-state index contributed by atoms with van der Waals surface area (Å²) in [6.07, 6.45) is 0.925. The average molecular weight is 385 g/mol. The Kier molecular flexibility index (Phi) is 7.09. The van der Waals surface area contributed by atoms with E-state index in [4.69, 9.17) is 4.74 Å². The summed E-state index contributed by atoms with van der Waals surface area (Å²) >= 11 is 0. The molecule has 10 heteroatoms. The van der Waals surface area contributed by atoms with Crippen molar-refractivity contribution in [3.63, 3.8) is 0 Å². The number of carbonyl (C=O) groups excluding carboxylic acids is 1. The highest BCUT2D eigenvalue weighted by Crippen LogP contribution is 2.26. The maximum Gasteiger partial charge on any atom is 0.341 e. The fraction of sp³-hybridized carbons (Fsp3) is 0.500. The van der Waals surface area contributed by atoms with Gasteiger partial charge in [0.05, 0.1) is 4.90 Å². The third-order valence-electron chi connectivity index (χ3n) is 3.87. The molecule has 1 aliphatic rings. The molecule has 1 aliphatic heterocycles. The Labute approximate surface area is 145 Å². The van der Waals surface area contributed by atoms with E-state index in [0.717, 1.165) is 12.1 Å². The molecule has 1 heterocycles. The zero-order valence-corrected chi connectivity index (χ0v) is 14.6. The van der Waals surface area contributed by atoms with Crippen LogP contribution in [0, 0.1) is 0 Å². The Morgan fingerprint density at radius 1 is 1.33 bits per heavy atom. The molecular formula is C14H19ClF2N2O4S. The smallest absolute Gasteiger partial charge is 0.341 e. The van der Waals surface area contributed by atoms with Gasteiger partial charge in [-0.15, -0.1) is 12.4 Å². The molecule has 0 spiro atoms. The number of piperidine rings is 1. The van der Waals surface area contributed by atoms with Gasteiger partial charge in [0.15, 0.2) is 0 Å². The number of hydrogen-bond donors (Lipinski definition) is 2. The second-order valence-electron chi connectivity index (χ2n) is 5.24. The van der Waals surface area contributed by atoms with E-state index in [2.05, 4.69) is 10.6 Å². The number of methoxy groups -OCH3 is 1. The van der Waals surface area contributed by atoms with Crippen LogP contribution in [0.4, 0.5) is 14.5 Å². The number of alkyl halides is 2. The lowest BCUT2D eigenvalue weighted by Gasteiger charge is -2.34. The first kappa shape index (κ1) is 20.8. The Balaban J connectivity index is 0.00000288. The number of sulfone groups is 1. The number of carbonyl (C=O) groups is 1. The van der Waals surface area contributed by atoms with Crippen molar-refractivity contribution in [3.05, 3.63) is 24.3 Å². The fourth-order valence-corrected chi connectivity index (χ4v) is 3.22. The normalized spacial score (nSPS) is 17.2. The van der Waals surface area contributed by atoms with Crippen molar-refractivity contribution in [3.8, 4) is 0 Å². The molecule has 0 bridgehead atoms. The first-order valence-corrected chi connectivity index (χ1v) is 8.56. The highest BCUT2D eigenvalue weighted by Gasteiger charge is 2.39. The number of halogens is 3. The third-order valence-corrected chi connectivity index (χ3v) is 5.25. The maximum atomic E-state index is 12.6. The van der Waals surface area contributed by atoms with Crippen LogP contribution in [0.1, 0.15) is 12.8 Å². The molecule has 0 aliphatic carbocycles. The van der Waals surface area contributed by atoms with Gasteiger partial charge in [0.2, 0.25) is 9.84 Å². The molecule has 6 nitrogen and oxygen atoms in total. The summed E-state index contributed by atoms with van der Waals surface area (Å²) in [6.45, 7) is 1.22. The zero-order chi connectivity index (χ0) is 17.1. The van der Waals surface area contributed by atoms with Gasteiger partial charge < -0.3 is 15.4 Å². The minimum absolute atomic E-state index is 0. The van der Waals surface area contributed by atoms with Crippen molar-refractivity contribution in [1.82, 2.24) is 5.32 Å². The Morgan fingerprint density at radius 3 is 2.50 bits per heavy atom. The summed E-state index contributed by atoms with van der Waals surface area (Å²) in [6, 6.07) is 4.82. The van der Waals surface area contributed by atoms with E-state index < -0.39 is 32.0 Å². The topological polar surface area (TPSA) is 84.5 Å². The van der Waals surface area contributed by atoms with Crippen molar-refractivity contribution >= 4 is 33.8 Å². The van der Waals surface area contributed by atoms with E-state index >= 15 is 0 Å². The Hall–Kier alpha value is -1.29. The number of nitrogens with one attached hydrogen (secondary N) is 2. The van der Waals surface area contributed by atoms with Crippen LogP contribution < -0.4 is 10.6 Å². The van der Waals surface area contributed by atoms with Crippen molar-refractivity contribution in [2.45, 2.75) is 29.1 Å². The van der Waals surface area contributed by atoms with Crippen LogP contribution in [-0.4, -0.2) is 45.9 Å². The number of hydrogen-bond acceptors (Lipinski definition) is 5. The second kappa shape index (κ2) is 8.19. The molecule has 0 saturated carbocycles. The van der Waals surface area contributed by atoms with E-state index in [0.29, 0.717) is 25.9 Å². The standard InChI is InChI=1S/C14H18F2N2O4S.ClH/c1-22-14(5-7-17-8-6-14)12(19)18-10-3-2-4-11(9-10)23(20,21)13(15)16;/h2-4,9,13,17H,5-8H2,1H3,(H,18,19);1H. The minimum Gasteiger partial charge on any atom is -0.368 e. The molecule has 0 aromatic heterocycles. The van der Waals surface area contributed by atoms with E-state index in [1.807, 2.05) is 0 Å². The minimum atomic E-state index is -4.71. The Bertz CT molecular complexity index is 679. The highest BCUT2D eigenvalue weighted by molar-refractivity contribution is 7.91. The lowest BCUT2D eigenvalue weighted by Crippen LogP contribution is -2.51. The van der Waals surface area contributed by atoms with E-state index in [1.165, 1.54) is 19.2 Å². The molecule has 0 radical (unpaired) electrons. The lowest BCUT2D eigenvalue weighted by atomic mass is 9.91. The monoisotopic (exact) mass is 384 g/mol. The van der Waals surface area contributed by atoms with Crippen molar-refractivity contribution in [2.75, 3.05) is 25.5 Å². The van der Waals surface area contributed by atoms with Crippen LogP contribution in [0.25, 0.3) is 0 Å². The molecule has 0 unspecified atom stereocenters. The molecule has 24 heavy (non-hydrogen) atoms. The summed E-state index contributed by atoms with van der Waals surface area (Å²) in [4.78, 5) is 11.9. The summed E-state index contributed by atoms with van der Waals surface area (Å²) in [5.41, 5.74) is -0.880. The van der Waals surface area contributed by atoms with Gasteiger partial charge in [-0.3, -0.25) is 4.79 Å². The molecule has 1 saturated heterocycles. The fourth-order valence-electron chi connectivity index (χ4n) is 2.45. The van der Waals surface area contributed by atoms with Gasteiger partial charge in [-0.1, -0.05) is 6.07 Å². The molecular weight excluding hydrogens is 366 g/mol. The zero-order valence-electron chi connectivity index (χ0n) is 12.9. The number of anilines is 1. The number of benzene rings is 1. The quantitative estimate of drug-likeness (QED) is 0.808. The first-order chi connectivity index (χ1) is 10.8. The number of ether oxygens (including phenoxy) is 1. The summed E-state index contributed by atoms with van der Waals surface area (Å²) in [5, 5.41) is 5.67. The van der Waals surface area contributed by atoms with Gasteiger partial charge in [0.25, 0.3) is 5.91 Å². The van der Waals surface area contributed by atoms with E-state index in [9.17, 15) is 22.0 Å². The molecule has 1 amide bonds. The van der Waals surface area contributed by atoms with Gasteiger partial charge in [-0.25, -0.2) is 8.42 Å². The van der Waals surface area contributed by atoms with Crippen LogP contribution in [-0.2, 0) is 19.4 Å². The van der Waals surface area contributed by atoms with Crippen LogP contribution in [0.15, 0.2) is 29.2 Å². The van der Waals surface area contributed by atoms with Crippen molar-refractivity contribution in [2.24, 2.45) is 0 Å². The molecule has 0 atom stereocenters. The van der Waals surface area contributed by atoms with Crippen LogP contribution in [0.2, 0.25) is 0 Å². The SMILES string of the molecule is COC1(C(=O)Nc2cccc(S(=O)(=O)C(F)F)c2)CCNCC1.Cl. The summed E-state index contributed by atoms with van der Waals surface area (Å²) in [5.74, 6) is -3.93. The number of rotatable bonds is 5. The molecule has 1 fully saturated rings. The molecule has 1 aromatic rings. The predicted molar refractivity (Wildman–Crippen MR) is 87.4 cm³/mol. The molecule has 136 valence electrons. The third kappa shape index (κ3) is 4.21. The van der Waals surface area contributed by atoms with Gasteiger partial charge in [-0.05, 0) is 44.1 Å². The van der Waals surface area contributed by atoms with Crippen LogP contribution in [0.3, 0.4) is 0 Å². The predicted octanol–water partition coefficient (Wildman–Crippen LogP) is 1.81. The average Bonchev–Trinajstić information content (AvgIpc) is 2.55. The summed E-state index contributed by atoms with van der Waals surface area (Å²) in [7, 11) is -3.27. The van der Waals surface area contributed by atoms with Crippen molar-refractivity contribution < 1.29 is 26.7 Å². The van der Waals surface area contributed by atoms with Crippen LogP contribution >= 0.6 is 12.4 Å². The van der Waals surface area contributed by atoms with Gasteiger partial charge in [0.1, 0.15) is 5.60 Å². The molecule has 2 rings (SSSR count). The second-order valence-corrected chi connectivity index (χ2v) is 7.15. The largest absolute Gasteiger partial charge is 0.368 e. The first-order valence-electron chi connectivity index (χ1n) is 7.01.